The Kier molecular flexibility index (Phi) is 5.89. The first-order chi connectivity index (χ1) is 12.0. The summed E-state index contributed by atoms with van der Waals surface area (Å²) in [5.41, 5.74) is 2.84. The number of hydrogen-bond donors (Lipinski definition) is 1. The molecule has 0 bridgehead atoms. The Balaban J connectivity index is 1.71. The van der Waals surface area contributed by atoms with Crippen molar-refractivity contribution < 1.29 is 4.42 Å². The van der Waals surface area contributed by atoms with Crippen molar-refractivity contribution in [2.45, 2.75) is 77.8 Å². The molecule has 0 aliphatic heterocycles. The summed E-state index contributed by atoms with van der Waals surface area (Å²) >= 11 is 0. The molecule has 3 rings (SSSR count). The first-order valence-corrected chi connectivity index (χ1v) is 9.70. The summed E-state index contributed by atoms with van der Waals surface area (Å²) in [6, 6.07) is 9.57. The van der Waals surface area contributed by atoms with E-state index >= 15 is 0 Å². The van der Waals surface area contributed by atoms with E-state index in [4.69, 9.17) is 4.42 Å². The van der Waals surface area contributed by atoms with Gasteiger partial charge in [0.1, 0.15) is 0 Å². The highest BCUT2D eigenvalue weighted by Gasteiger charge is 2.22. The van der Waals surface area contributed by atoms with Crippen LogP contribution in [0.1, 0.15) is 93.8 Å². The molecule has 1 fully saturated rings. The second kappa shape index (κ2) is 8.13. The van der Waals surface area contributed by atoms with Crippen LogP contribution in [0.2, 0.25) is 0 Å². The minimum atomic E-state index is 0.0339. The maximum absolute atomic E-state index is 5.58. The van der Waals surface area contributed by atoms with Gasteiger partial charge in [-0.15, -0.1) is 10.2 Å². The predicted molar refractivity (Wildman–Crippen MR) is 100 cm³/mol. The molecular weight excluding hydrogens is 310 g/mol. The second-order valence-corrected chi connectivity index (χ2v) is 7.77. The molecule has 0 unspecified atom stereocenters. The Morgan fingerprint density at radius 2 is 1.68 bits per heavy atom. The Morgan fingerprint density at radius 1 is 1.00 bits per heavy atom. The van der Waals surface area contributed by atoms with Crippen molar-refractivity contribution in [2.24, 2.45) is 5.92 Å². The van der Waals surface area contributed by atoms with E-state index in [1.54, 1.807) is 0 Å². The monoisotopic (exact) mass is 341 g/mol. The van der Waals surface area contributed by atoms with E-state index in [0.29, 0.717) is 17.7 Å². The Bertz CT molecular complexity index is 656. The summed E-state index contributed by atoms with van der Waals surface area (Å²) < 4.78 is 5.58. The van der Waals surface area contributed by atoms with Crippen LogP contribution in [-0.4, -0.2) is 10.2 Å². The van der Waals surface area contributed by atoms with Crippen LogP contribution in [0.3, 0.4) is 0 Å². The zero-order valence-electron chi connectivity index (χ0n) is 16.0. The smallest absolute Gasteiger partial charge is 0.233 e. The molecule has 0 radical (unpaired) electrons. The van der Waals surface area contributed by atoms with Crippen molar-refractivity contribution in [2.75, 3.05) is 0 Å². The third kappa shape index (κ3) is 4.49. The van der Waals surface area contributed by atoms with Gasteiger partial charge in [0, 0.05) is 13.0 Å². The molecule has 0 amide bonds. The number of aromatic nitrogens is 2. The van der Waals surface area contributed by atoms with Crippen LogP contribution in [0.15, 0.2) is 28.7 Å². The number of aryl methyl sites for hydroxylation is 1. The van der Waals surface area contributed by atoms with Crippen molar-refractivity contribution in [3.63, 3.8) is 0 Å². The lowest BCUT2D eigenvalue weighted by Gasteiger charge is -2.27. The molecule has 1 aromatic heterocycles. The first-order valence-electron chi connectivity index (χ1n) is 9.70. The fourth-order valence-electron chi connectivity index (χ4n) is 3.91. The standard InChI is InChI=1S/C21H31N3O/c1-14(2)20(22-15(3)21-24-23-16(4)25-21)19-12-10-18(11-13-19)17-8-6-5-7-9-17/h10-15,17,20,22H,5-9H2,1-4H3/t15-,20-/m1/s1. The van der Waals surface area contributed by atoms with Gasteiger partial charge in [-0.2, -0.15) is 0 Å². The molecule has 4 heteroatoms. The van der Waals surface area contributed by atoms with Gasteiger partial charge in [-0.25, -0.2) is 0 Å². The molecule has 1 aliphatic rings. The van der Waals surface area contributed by atoms with Crippen molar-refractivity contribution in [3.05, 3.63) is 47.2 Å². The second-order valence-electron chi connectivity index (χ2n) is 7.77. The van der Waals surface area contributed by atoms with Crippen LogP contribution in [-0.2, 0) is 0 Å². The average Bonchev–Trinajstić information content (AvgIpc) is 3.07. The molecule has 1 aliphatic carbocycles. The lowest BCUT2D eigenvalue weighted by Crippen LogP contribution is -2.28. The third-order valence-corrected chi connectivity index (χ3v) is 5.38. The van der Waals surface area contributed by atoms with Gasteiger partial charge in [-0.3, -0.25) is 5.32 Å². The Hall–Kier alpha value is -1.68. The van der Waals surface area contributed by atoms with E-state index in [-0.39, 0.29) is 12.1 Å². The van der Waals surface area contributed by atoms with E-state index in [1.165, 1.54) is 43.2 Å². The van der Waals surface area contributed by atoms with Gasteiger partial charge in [-0.05, 0) is 42.7 Å². The van der Waals surface area contributed by atoms with Gasteiger partial charge in [-0.1, -0.05) is 57.4 Å². The van der Waals surface area contributed by atoms with Crippen molar-refractivity contribution in [1.29, 1.82) is 0 Å². The number of hydrogen-bond acceptors (Lipinski definition) is 4. The zero-order valence-corrected chi connectivity index (χ0v) is 16.0. The van der Waals surface area contributed by atoms with E-state index in [0.717, 1.165) is 5.92 Å². The van der Waals surface area contributed by atoms with Crippen molar-refractivity contribution in [1.82, 2.24) is 15.5 Å². The first kappa shape index (κ1) is 18.1. The fourth-order valence-corrected chi connectivity index (χ4v) is 3.91. The van der Waals surface area contributed by atoms with Gasteiger partial charge in [0.15, 0.2) is 0 Å². The molecule has 0 saturated heterocycles. The number of rotatable bonds is 6. The molecule has 2 aromatic rings. The normalized spacial score (nSPS) is 18.4. The van der Waals surface area contributed by atoms with Gasteiger partial charge >= 0.3 is 0 Å². The highest BCUT2D eigenvalue weighted by Crippen LogP contribution is 2.34. The molecule has 1 saturated carbocycles. The lowest BCUT2D eigenvalue weighted by molar-refractivity contribution is 0.329. The lowest BCUT2D eigenvalue weighted by atomic mass is 9.83. The molecule has 136 valence electrons. The van der Waals surface area contributed by atoms with Crippen LogP contribution in [0.4, 0.5) is 0 Å². The summed E-state index contributed by atoms with van der Waals surface area (Å²) in [5, 5.41) is 11.8. The van der Waals surface area contributed by atoms with E-state index in [1.807, 2.05) is 6.92 Å². The van der Waals surface area contributed by atoms with E-state index < -0.39 is 0 Å². The minimum absolute atomic E-state index is 0.0339. The summed E-state index contributed by atoms with van der Waals surface area (Å²) in [5.74, 6) is 2.50. The Morgan fingerprint density at radius 3 is 2.24 bits per heavy atom. The zero-order chi connectivity index (χ0) is 17.8. The summed E-state index contributed by atoms with van der Waals surface area (Å²) in [7, 11) is 0. The van der Waals surface area contributed by atoms with Gasteiger partial charge in [0.25, 0.3) is 0 Å². The van der Waals surface area contributed by atoms with Gasteiger partial charge in [0.05, 0.1) is 6.04 Å². The largest absolute Gasteiger partial charge is 0.424 e. The number of nitrogens with zero attached hydrogens (tertiary/aromatic N) is 2. The van der Waals surface area contributed by atoms with Crippen molar-refractivity contribution >= 4 is 0 Å². The fraction of sp³-hybridized carbons (Fsp3) is 0.619. The summed E-state index contributed by atoms with van der Waals surface area (Å²) in [6.45, 7) is 8.41. The third-order valence-electron chi connectivity index (χ3n) is 5.38. The van der Waals surface area contributed by atoms with Crippen LogP contribution in [0.5, 0.6) is 0 Å². The Labute approximate surface area is 151 Å². The highest BCUT2D eigenvalue weighted by atomic mass is 16.4. The highest BCUT2D eigenvalue weighted by molar-refractivity contribution is 5.28. The predicted octanol–water partition coefficient (Wildman–Crippen LogP) is 5.47. The quantitative estimate of drug-likeness (QED) is 0.756. The van der Waals surface area contributed by atoms with Crippen LogP contribution >= 0.6 is 0 Å². The molecule has 4 nitrogen and oxygen atoms in total. The summed E-state index contributed by atoms with van der Waals surface area (Å²) in [6.07, 6.45) is 6.85. The van der Waals surface area contributed by atoms with Crippen LogP contribution in [0.25, 0.3) is 0 Å². The molecular formula is C21H31N3O. The molecule has 1 heterocycles. The number of benzene rings is 1. The topological polar surface area (TPSA) is 51.0 Å². The molecule has 1 N–H and O–H groups in total. The van der Waals surface area contributed by atoms with Crippen LogP contribution < -0.4 is 5.32 Å². The summed E-state index contributed by atoms with van der Waals surface area (Å²) in [4.78, 5) is 0. The molecule has 25 heavy (non-hydrogen) atoms. The molecule has 1 aromatic carbocycles. The van der Waals surface area contributed by atoms with Crippen molar-refractivity contribution in [3.8, 4) is 0 Å². The minimum Gasteiger partial charge on any atom is -0.424 e. The maximum atomic E-state index is 5.58. The maximum Gasteiger partial charge on any atom is 0.233 e. The molecule has 2 atom stereocenters. The van der Waals surface area contributed by atoms with Gasteiger partial charge < -0.3 is 4.42 Å². The SMILES string of the molecule is Cc1nnc([C@@H](C)N[C@@H](c2ccc(C3CCCCC3)cc2)C(C)C)o1. The number of nitrogens with one attached hydrogen (secondary N) is 1. The van der Waals surface area contributed by atoms with Gasteiger partial charge in [0.2, 0.25) is 11.8 Å². The average molecular weight is 341 g/mol. The van der Waals surface area contributed by atoms with Crippen LogP contribution in [0, 0.1) is 12.8 Å². The molecule has 0 spiro atoms. The van der Waals surface area contributed by atoms with E-state index in [2.05, 4.69) is 60.6 Å². The van der Waals surface area contributed by atoms with E-state index in [9.17, 15) is 0 Å².